The Morgan fingerprint density at radius 3 is 2.79 bits per heavy atom. The molecule has 0 spiro atoms. The van der Waals surface area contributed by atoms with Crippen LogP contribution in [-0.4, -0.2) is 17.8 Å². The first-order chi connectivity index (χ1) is 6.70. The lowest BCUT2D eigenvalue weighted by molar-refractivity contribution is 0.857. The van der Waals surface area contributed by atoms with E-state index in [2.05, 4.69) is 4.99 Å². The zero-order valence-corrected chi connectivity index (χ0v) is 8.69. The number of hydrogen-bond donors (Lipinski definition) is 0. The van der Waals surface area contributed by atoms with E-state index in [0.29, 0.717) is 5.56 Å². The van der Waals surface area contributed by atoms with Gasteiger partial charge in [-0.1, -0.05) is 12.2 Å². The first kappa shape index (κ1) is 10.4. The number of allylic oxidation sites excluding steroid dienone is 1. The van der Waals surface area contributed by atoms with Gasteiger partial charge in [-0.2, -0.15) is 0 Å². The van der Waals surface area contributed by atoms with Crippen LogP contribution in [-0.2, 0) is 7.05 Å². The molecule has 3 heteroatoms. The Kier molecular flexibility index (Phi) is 3.40. The normalized spacial score (nSPS) is 11.6. The van der Waals surface area contributed by atoms with Gasteiger partial charge in [-0.25, -0.2) is 0 Å². The number of pyridine rings is 1. The fourth-order valence-corrected chi connectivity index (χ4v) is 1.25. The van der Waals surface area contributed by atoms with Crippen molar-refractivity contribution in [2.75, 3.05) is 7.05 Å². The molecule has 0 atom stereocenters. The second-order valence-corrected chi connectivity index (χ2v) is 2.99. The van der Waals surface area contributed by atoms with Gasteiger partial charge in [-0.15, -0.1) is 0 Å². The van der Waals surface area contributed by atoms with Gasteiger partial charge in [0.15, 0.2) is 0 Å². The molecule has 74 valence electrons. The van der Waals surface area contributed by atoms with Gasteiger partial charge >= 0.3 is 0 Å². The van der Waals surface area contributed by atoms with Crippen molar-refractivity contribution in [3.05, 3.63) is 39.8 Å². The Morgan fingerprint density at radius 2 is 2.21 bits per heavy atom. The molecule has 3 nitrogen and oxygen atoms in total. The lowest BCUT2D eigenvalue weighted by Gasteiger charge is -2.02. The summed E-state index contributed by atoms with van der Waals surface area (Å²) in [7, 11) is 3.39. The van der Waals surface area contributed by atoms with Crippen LogP contribution in [0.5, 0.6) is 0 Å². The number of hydrogen-bond acceptors (Lipinski definition) is 2. The lowest BCUT2D eigenvalue weighted by Crippen LogP contribution is -2.21. The van der Waals surface area contributed by atoms with Crippen LogP contribution < -0.4 is 5.56 Å². The molecule has 0 aromatic carbocycles. The zero-order chi connectivity index (χ0) is 10.6. The molecule has 1 aromatic heterocycles. The predicted octanol–water partition coefficient (Wildman–Crippen LogP) is 1.47. The Labute approximate surface area is 83.4 Å². The molecule has 0 unspecified atom stereocenters. The molecule has 14 heavy (non-hydrogen) atoms. The SMILES string of the molecule is C/C=C\c1ccn(C)c(=O)c1C=NC. The molecule has 0 aliphatic carbocycles. The van der Waals surface area contributed by atoms with Crippen molar-refractivity contribution in [2.45, 2.75) is 6.92 Å². The van der Waals surface area contributed by atoms with Crippen LogP contribution in [0.1, 0.15) is 18.1 Å². The lowest BCUT2D eigenvalue weighted by atomic mass is 10.1. The summed E-state index contributed by atoms with van der Waals surface area (Å²) in [6.45, 7) is 1.92. The molecule has 1 heterocycles. The van der Waals surface area contributed by atoms with E-state index in [1.54, 1.807) is 31.1 Å². The van der Waals surface area contributed by atoms with Crippen LogP contribution in [0.4, 0.5) is 0 Å². The number of aromatic nitrogens is 1. The average Bonchev–Trinajstić information content (AvgIpc) is 2.18. The molecule has 0 fully saturated rings. The fraction of sp³-hybridized carbons (Fsp3) is 0.273. The largest absolute Gasteiger partial charge is 0.318 e. The highest BCUT2D eigenvalue weighted by atomic mass is 16.1. The van der Waals surface area contributed by atoms with E-state index in [4.69, 9.17) is 0 Å². The molecule has 0 aliphatic heterocycles. The minimum Gasteiger partial charge on any atom is -0.318 e. The van der Waals surface area contributed by atoms with Crippen molar-refractivity contribution in [3.63, 3.8) is 0 Å². The maximum atomic E-state index is 11.7. The van der Waals surface area contributed by atoms with Gasteiger partial charge < -0.3 is 4.57 Å². The first-order valence-electron chi connectivity index (χ1n) is 4.45. The third kappa shape index (κ3) is 1.99. The predicted molar refractivity (Wildman–Crippen MR) is 59.9 cm³/mol. The monoisotopic (exact) mass is 190 g/mol. The quantitative estimate of drug-likeness (QED) is 0.650. The highest BCUT2D eigenvalue weighted by molar-refractivity contribution is 5.84. The van der Waals surface area contributed by atoms with Crippen molar-refractivity contribution in [2.24, 2.45) is 12.0 Å². The van der Waals surface area contributed by atoms with E-state index in [-0.39, 0.29) is 5.56 Å². The summed E-state index contributed by atoms with van der Waals surface area (Å²) in [6, 6.07) is 1.90. The van der Waals surface area contributed by atoms with Crippen molar-refractivity contribution in [1.29, 1.82) is 0 Å². The Hall–Kier alpha value is -1.64. The van der Waals surface area contributed by atoms with E-state index in [1.807, 2.05) is 25.1 Å². The number of aryl methyl sites for hydroxylation is 1. The summed E-state index contributed by atoms with van der Waals surface area (Å²) in [5, 5.41) is 0. The maximum absolute atomic E-state index is 11.7. The highest BCUT2D eigenvalue weighted by Gasteiger charge is 2.02. The van der Waals surface area contributed by atoms with Gasteiger partial charge in [0, 0.05) is 26.5 Å². The van der Waals surface area contributed by atoms with Gasteiger partial charge in [0.2, 0.25) is 0 Å². The van der Waals surface area contributed by atoms with Crippen molar-refractivity contribution in [3.8, 4) is 0 Å². The second kappa shape index (κ2) is 4.56. The van der Waals surface area contributed by atoms with Gasteiger partial charge in [0.05, 0.1) is 5.56 Å². The van der Waals surface area contributed by atoms with Crippen LogP contribution >= 0.6 is 0 Å². The molecule has 1 rings (SSSR count). The van der Waals surface area contributed by atoms with Crippen LogP contribution in [0.3, 0.4) is 0 Å². The van der Waals surface area contributed by atoms with E-state index < -0.39 is 0 Å². The Morgan fingerprint density at radius 1 is 1.50 bits per heavy atom. The summed E-state index contributed by atoms with van der Waals surface area (Å²) in [6.07, 6.45) is 7.16. The molecule has 0 aliphatic rings. The fourth-order valence-electron chi connectivity index (χ4n) is 1.25. The second-order valence-electron chi connectivity index (χ2n) is 2.99. The third-order valence-corrected chi connectivity index (χ3v) is 1.94. The van der Waals surface area contributed by atoms with E-state index in [1.165, 1.54) is 0 Å². The van der Waals surface area contributed by atoms with E-state index in [0.717, 1.165) is 5.56 Å². The smallest absolute Gasteiger partial charge is 0.259 e. The molecule has 1 aromatic rings. The minimum absolute atomic E-state index is 0.0220. The number of rotatable bonds is 2. The summed E-state index contributed by atoms with van der Waals surface area (Å²) in [5.41, 5.74) is 1.52. The molecule has 0 bridgehead atoms. The van der Waals surface area contributed by atoms with Crippen LogP contribution in [0, 0.1) is 0 Å². The highest BCUT2D eigenvalue weighted by Crippen LogP contribution is 2.03. The van der Waals surface area contributed by atoms with Gasteiger partial charge in [0.1, 0.15) is 0 Å². The summed E-state index contributed by atoms with van der Waals surface area (Å²) >= 11 is 0. The topological polar surface area (TPSA) is 34.4 Å². The third-order valence-electron chi connectivity index (χ3n) is 1.94. The molecule has 0 radical (unpaired) electrons. The van der Waals surface area contributed by atoms with Gasteiger partial charge in [-0.3, -0.25) is 9.79 Å². The average molecular weight is 190 g/mol. The molecule has 0 saturated carbocycles. The molecule has 0 N–H and O–H groups in total. The minimum atomic E-state index is -0.0220. The molecule has 0 amide bonds. The van der Waals surface area contributed by atoms with Crippen molar-refractivity contribution < 1.29 is 0 Å². The summed E-state index contributed by atoms with van der Waals surface area (Å²) in [5.74, 6) is 0. The first-order valence-corrected chi connectivity index (χ1v) is 4.45. The Balaban J connectivity index is 3.45. The molecular weight excluding hydrogens is 176 g/mol. The van der Waals surface area contributed by atoms with Crippen molar-refractivity contribution in [1.82, 2.24) is 4.57 Å². The van der Waals surface area contributed by atoms with E-state index in [9.17, 15) is 4.79 Å². The Bertz CT molecular complexity index is 427. The summed E-state index contributed by atoms with van der Waals surface area (Å²) < 4.78 is 1.55. The van der Waals surface area contributed by atoms with Crippen LogP contribution in [0.15, 0.2) is 28.1 Å². The van der Waals surface area contributed by atoms with Gasteiger partial charge in [0.25, 0.3) is 5.56 Å². The van der Waals surface area contributed by atoms with Crippen LogP contribution in [0.25, 0.3) is 6.08 Å². The van der Waals surface area contributed by atoms with Crippen LogP contribution in [0.2, 0.25) is 0 Å². The summed E-state index contributed by atoms with van der Waals surface area (Å²) in [4.78, 5) is 15.6. The standard InChI is InChI=1S/C11H14N2O/c1-4-5-9-6-7-13(3)11(14)10(9)8-12-2/h4-8H,1-3H3/b5-4-,12-8?. The zero-order valence-electron chi connectivity index (χ0n) is 8.69. The molecule has 0 saturated heterocycles. The maximum Gasteiger partial charge on any atom is 0.259 e. The number of aliphatic imine (C=N–C) groups is 1. The van der Waals surface area contributed by atoms with Crippen molar-refractivity contribution >= 4 is 12.3 Å². The molecular formula is C11H14N2O. The van der Waals surface area contributed by atoms with Gasteiger partial charge in [-0.05, 0) is 18.6 Å². The van der Waals surface area contributed by atoms with E-state index >= 15 is 0 Å². The number of nitrogens with zero attached hydrogens (tertiary/aromatic N) is 2.